The molecular weight excluding hydrogens is 685 g/mol. The average molecular weight is 725 g/mol. The van der Waals surface area contributed by atoms with E-state index < -0.39 is 0 Å². The van der Waals surface area contributed by atoms with Crippen LogP contribution in [0.4, 0.5) is 28.4 Å². The van der Waals surface area contributed by atoms with Crippen LogP contribution < -0.4 is 15.4 Å². The quantitative estimate of drug-likeness (QED) is 0.115. The lowest BCUT2D eigenvalue weighted by molar-refractivity contribution is 0.483. The van der Waals surface area contributed by atoms with Gasteiger partial charge in [-0.2, -0.15) is 0 Å². The summed E-state index contributed by atoms with van der Waals surface area (Å²) in [5.74, 6) is 2.36. The molecule has 1 aromatic heterocycles. The first-order valence-corrected chi connectivity index (χ1v) is 18.9. The van der Waals surface area contributed by atoms with E-state index in [1.54, 1.807) is 0 Å². The van der Waals surface area contributed by atoms with Gasteiger partial charge < -0.3 is 15.4 Å². The number of ether oxygens (including phenoxy) is 1. The van der Waals surface area contributed by atoms with Gasteiger partial charge in [0.1, 0.15) is 17.3 Å². The van der Waals surface area contributed by atoms with Gasteiger partial charge in [-0.15, -0.1) is 0 Å². The fourth-order valence-corrected chi connectivity index (χ4v) is 7.39. The number of nitrogens with one attached hydrogen (secondary N) is 2. The molecule has 0 aliphatic heterocycles. The van der Waals surface area contributed by atoms with Gasteiger partial charge in [0.2, 0.25) is 0 Å². The zero-order valence-corrected chi connectivity index (χ0v) is 31.3. The van der Waals surface area contributed by atoms with Crippen molar-refractivity contribution < 1.29 is 4.74 Å². The molecule has 0 saturated carbocycles. The van der Waals surface area contributed by atoms with Gasteiger partial charge in [0.15, 0.2) is 0 Å². The Balaban J connectivity index is 1.03. The van der Waals surface area contributed by atoms with E-state index in [0.29, 0.717) is 0 Å². The molecule has 2 N–H and O–H groups in total. The Morgan fingerprint density at radius 1 is 0.500 bits per heavy atom. The number of hydrogen-bond donors (Lipinski definition) is 2. The SMILES string of the molecule is CC(=Nc1ccc(C)cc1)n1c2ccccc2c2ccc(Oc3cccc(Nc4ccccc4Nc4c(-c5ccccc5)cccc4-c4ccccc4)c3)cc21. The van der Waals surface area contributed by atoms with E-state index in [-0.39, 0.29) is 0 Å². The van der Waals surface area contributed by atoms with Crippen molar-refractivity contribution in [3.63, 3.8) is 0 Å². The third kappa shape index (κ3) is 7.02. The zero-order chi connectivity index (χ0) is 37.8. The van der Waals surface area contributed by atoms with E-state index in [4.69, 9.17) is 9.73 Å². The van der Waals surface area contributed by atoms with Crippen molar-refractivity contribution in [2.24, 2.45) is 4.99 Å². The highest BCUT2D eigenvalue weighted by Gasteiger charge is 2.16. The second-order valence-electron chi connectivity index (χ2n) is 13.9. The van der Waals surface area contributed by atoms with E-state index in [0.717, 1.165) is 84.4 Å². The van der Waals surface area contributed by atoms with Crippen molar-refractivity contribution in [2.45, 2.75) is 13.8 Å². The minimum Gasteiger partial charge on any atom is -0.457 e. The predicted molar refractivity (Wildman–Crippen MR) is 236 cm³/mol. The van der Waals surface area contributed by atoms with Gasteiger partial charge in [-0.3, -0.25) is 4.57 Å². The highest BCUT2D eigenvalue weighted by atomic mass is 16.5. The number of fused-ring (bicyclic) bond motifs is 3. The number of benzene rings is 8. The predicted octanol–water partition coefficient (Wildman–Crippen LogP) is 14.3. The van der Waals surface area contributed by atoms with Crippen LogP contribution in [0.5, 0.6) is 11.5 Å². The van der Waals surface area contributed by atoms with E-state index in [1.807, 2.05) is 30.3 Å². The van der Waals surface area contributed by atoms with Crippen molar-refractivity contribution in [1.82, 2.24) is 4.57 Å². The molecular formula is C51H40N4O. The van der Waals surface area contributed by atoms with Crippen LogP contribution in [0.25, 0.3) is 44.1 Å². The molecule has 0 unspecified atom stereocenters. The lowest BCUT2D eigenvalue weighted by Crippen LogP contribution is -2.06. The average Bonchev–Trinajstić information content (AvgIpc) is 3.57. The van der Waals surface area contributed by atoms with E-state index in [2.05, 4.69) is 193 Å². The molecule has 270 valence electrons. The first-order chi connectivity index (χ1) is 27.6. The van der Waals surface area contributed by atoms with Crippen LogP contribution in [0.3, 0.4) is 0 Å². The minimum absolute atomic E-state index is 0.730. The first-order valence-electron chi connectivity index (χ1n) is 18.9. The Labute approximate surface area is 327 Å². The monoisotopic (exact) mass is 724 g/mol. The molecule has 8 aromatic carbocycles. The normalized spacial score (nSPS) is 11.5. The smallest absolute Gasteiger partial charge is 0.129 e. The maximum atomic E-state index is 6.57. The molecule has 56 heavy (non-hydrogen) atoms. The molecule has 0 aliphatic rings. The van der Waals surface area contributed by atoms with Crippen LogP contribution in [-0.4, -0.2) is 10.4 Å². The van der Waals surface area contributed by atoms with E-state index >= 15 is 0 Å². The van der Waals surface area contributed by atoms with Crippen LogP contribution in [0, 0.1) is 6.92 Å². The molecule has 0 saturated heterocycles. The number of aryl methyl sites for hydroxylation is 1. The van der Waals surface area contributed by atoms with E-state index in [9.17, 15) is 0 Å². The van der Waals surface area contributed by atoms with Crippen molar-refractivity contribution in [3.05, 3.63) is 200 Å². The molecule has 0 radical (unpaired) electrons. The van der Waals surface area contributed by atoms with Crippen molar-refractivity contribution in [2.75, 3.05) is 10.6 Å². The fourth-order valence-electron chi connectivity index (χ4n) is 7.39. The summed E-state index contributed by atoms with van der Waals surface area (Å²) in [5, 5.41) is 9.83. The molecule has 0 amide bonds. The minimum atomic E-state index is 0.730. The van der Waals surface area contributed by atoms with Crippen LogP contribution in [0.2, 0.25) is 0 Å². The van der Waals surface area contributed by atoms with Crippen LogP contribution in [0.1, 0.15) is 12.5 Å². The maximum absolute atomic E-state index is 6.57. The largest absolute Gasteiger partial charge is 0.457 e. The Morgan fingerprint density at radius 3 is 1.80 bits per heavy atom. The number of anilines is 4. The van der Waals surface area contributed by atoms with Crippen LogP contribution >= 0.6 is 0 Å². The molecule has 1 heterocycles. The van der Waals surface area contributed by atoms with Gasteiger partial charge in [0, 0.05) is 39.7 Å². The standard InChI is InChI=1S/C51H40N4O/c1-35-27-29-39(30-28-35)52-36(2)55-49-26-12-9-21-45(49)46-32-31-42(34-50(46)55)56-41-20-13-19-40(33-41)53-47-24-10-11-25-48(47)54-51-43(37-15-5-3-6-16-37)22-14-23-44(51)38-17-7-4-8-18-38/h3-34,53-54H,1-2H3. The Hall–Kier alpha value is -7.37. The van der Waals surface area contributed by atoms with Crippen molar-refractivity contribution >= 4 is 56.1 Å². The second-order valence-corrected chi connectivity index (χ2v) is 13.9. The lowest BCUT2D eigenvalue weighted by atomic mass is 9.95. The van der Waals surface area contributed by atoms with Crippen molar-refractivity contribution in [1.29, 1.82) is 0 Å². The topological polar surface area (TPSA) is 50.6 Å². The second kappa shape index (κ2) is 15.2. The molecule has 9 aromatic rings. The summed E-state index contributed by atoms with van der Waals surface area (Å²) in [6, 6.07) is 67.0. The third-order valence-electron chi connectivity index (χ3n) is 10.1. The highest BCUT2D eigenvalue weighted by Crippen LogP contribution is 2.41. The molecule has 0 fully saturated rings. The summed E-state index contributed by atoms with van der Waals surface area (Å²) in [6.07, 6.45) is 0. The number of nitrogens with zero attached hydrogens (tertiary/aromatic N) is 2. The van der Waals surface area contributed by atoms with Crippen LogP contribution in [-0.2, 0) is 0 Å². The Morgan fingerprint density at radius 2 is 1.09 bits per heavy atom. The third-order valence-corrected chi connectivity index (χ3v) is 10.1. The summed E-state index contributed by atoms with van der Waals surface area (Å²) >= 11 is 0. The van der Waals surface area contributed by atoms with Gasteiger partial charge >= 0.3 is 0 Å². The van der Waals surface area contributed by atoms with Gasteiger partial charge in [-0.25, -0.2) is 4.99 Å². The number of para-hydroxylation sites is 4. The number of aliphatic imine (C=N–C) groups is 1. The molecule has 5 heteroatoms. The van der Waals surface area contributed by atoms with Crippen LogP contribution in [0.15, 0.2) is 199 Å². The fraction of sp³-hybridized carbons (Fsp3) is 0.0392. The summed E-state index contributed by atoms with van der Waals surface area (Å²) in [4.78, 5) is 5.01. The molecule has 9 rings (SSSR count). The van der Waals surface area contributed by atoms with E-state index in [1.165, 1.54) is 10.9 Å². The van der Waals surface area contributed by atoms with Gasteiger partial charge in [-0.05, 0) is 79.6 Å². The Bertz CT molecular complexity index is 2780. The summed E-state index contributed by atoms with van der Waals surface area (Å²) in [6.45, 7) is 4.15. The summed E-state index contributed by atoms with van der Waals surface area (Å²) in [5.41, 5.74) is 12.7. The van der Waals surface area contributed by atoms with Gasteiger partial charge in [-0.1, -0.05) is 133 Å². The number of hydrogen-bond acceptors (Lipinski definition) is 4. The molecule has 0 atom stereocenters. The molecule has 0 spiro atoms. The Kier molecular flexibility index (Phi) is 9.32. The highest BCUT2D eigenvalue weighted by molar-refractivity contribution is 6.14. The molecule has 5 nitrogen and oxygen atoms in total. The van der Waals surface area contributed by atoms with Gasteiger partial charge in [0.25, 0.3) is 0 Å². The summed E-state index contributed by atoms with van der Waals surface area (Å²) < 4.78 is 8.79. The molecule has 0 bridgehead atoms. The first kappa shape index (κ1) is 34.4. The maximum Gasteiger partial charge on any atom is 0.129 e. The number of aromatic nitrogens is 1. The molecule has 0 aliphatic carbocycles. The number of rotatable bonds is 9. The van der Waals surface area contributed by atoms with Gasteiger partial charge in [0.05, 0.1) is 33.8 Å². The van der Waals surface area contributed by atoms with Crippen molar-refractivity contribution in [3.8, 4) is 33.8 Å². The zero-order valence-electron chi connectivity index (χ0n) is 31.3. The summed E-state index contributed by atoms with van der Waals surface area (Å²) in [7, 11) is 0. The lowest BCUT2D eigenvalue weighted by Gasteiger charge is -2.20.